The number of nitrogens with one attached hydrogen (secondary N) is 1. The van der Waals surface area contributed by atoms with E-state index in [4.69, 9.17) is 23.2 Å². The maximum absolute atomic E-state index is 12.1. The van der Waals surface area contributed by atoms with Crippen LogP contribution < -0.4 is 5.32 Å². The highest BCUT2D eigenvalue weighted by Gasteiger charge is 2.07. The monoisotopic (exact) mass is 367 g/mol. The van der Waals surface area contributed by atoms with E-state index in [-0.39, 0.29) is 5.91 Å². The molecule has 122 valence electrons. The number of amides is 1. The van der Waals surface area contributed by atoms with Crippen molar-refractivity contribution >= 4 is 40.9 Å². The molecule has 2 nitrogen and oxygen atoms in total. The van der Waals surface area contributed by atoms with E-state index in [1.165, 1.54) is 5.56 Å². The molecule has 0 unspecified atom stereocenters. The predicted molar refractivity (Wildman–Crippen MR) is 101 cm³/mol. The number of carbonyl (C=O) groups excluding carboxylic acids is 1. The summed E-state index contributed by atoms with van der Waals surface area (Å²) in [5.74, 6) is 1.50. The molecule has 2 aromatic rings. The summed E-state index contributed by atoms with van der Waals surface area (Å²) in [4.78, 5) is 12.1. The van der Waals surface area contributed by atoms with Gasteiger partial charge in [0, 0.05) is 33.7 Å². The Hall–Kier alpha value is -1.16. The van der Waals surface area contributed by atoms with Crippen LogP contribution in [0.4, 0.5) is 0 Å². The number of aryl methyl sites for hydroxylation is 2. The van der Waals surface area contributed by atoms with Crippen LogP contribution in [0.1, 0.15) is 27.0 Å². The van der Waals surface area contributed by atoms with Crippen LogP contribution in [0.2, 0.25) is 10.0 Å². The number of rotatable bonds is 6. The number of carbonyl (C=O) groups is 1. The van der Waals surface area contributed by atoms with Gasteiger partial charge >= 0.3 is 0 Å². The summed E-state index contributed by atoms with van der Waals surface area (Å²) in [6.45, 7) is 4.65. The van der Waals surface area contributed by atoms with Crippen molar-refractivity contribution in [1.29, 1.82) is 0 Å². The summed E-state index contributed by atoms with van der Waals surface area (Å²) in [7, 11) is 0. The first kappa shape index (κ1) is 18.2. The van der Waals surface area contributed by atoms with E-state index < -0.39 is 0 Å². The largest absolute Gasteiger partial charge is 0.351 e. The van der Waals surface area contributed by atoms with Crippen LogP contribution in [0, 0.1) is 13.8 Å². The van der Waals surface area contributed by atoms with Crippen molar-refractivity contribution in [3.05, 3.63) is 68.7 Å². The number of halogens is 2. The zero-order valence-corrected chi connectivity index (χ0v) is 15.5. The quantitative estimate of drug-likeness (QED) is 0.704. The smallest absolute Gasteiger partial charge is 0.251 e. The summed E-state index contributed by atoms with van der Waals surface area (Å²) < 4.78 is 0. The second kappa shape index (κ2) is 8.62. The molecule has 0 bridgehead atoms. The minimum atomic E-state index is -0.0375. The highest BCUT2D eigenvalue weighted by atomic mass is 35.5. The van der Waals surface area contributed by atoms with Gasteiger partial charge < -0.3 is 5.32 Å². The van der Waals surface area contributed by atoms with Gasteiger partial charge in [0.2, 0.25) is 0 Å². The van der Waals surface area contributed by atoms with Crippen molar-refractivity contribution in [2.75, 3.05) is 12.3 Å². The second-order valence-electron chi connectivity index (χ2n) is 5.31. The molecule has 0 radical (unpaired) electrons. The van der Waals surface area contributed by atoms with E-state index in [0.717, 1.165) is 22.6 Å². The van der Waals surface area contributed by atoms with Crippen LogP contribution >= 0.6 is 35.0 Å². The minimum Gasteiger partial charge on any atom is -0.351 e. The Morgan fingerprint density at radius 2 is 1.78 bits per heavy atom. The van der Waals surface area contributed by atoms with Crippen LogP contribution in [0.5, 0.6) is 0 Å². The van der Waals surface area contributed by atoms with Crippen molar-refractivity contribution in [1.82, 2.24) is 5.32 Å². The molecular weight excluding hydrogens is 349 g/mol. The van der Waals surface area contributed by atoms with Crippen molar-refractivity contribution < 1.29 is 4.79 Å². The Morgan fingerprint density at radius 3 is 2.43 bits per heavy atom. The Bertz CT molecular complexity index is 683. The van der Waals surface area contributed by atoms with Gasteiger partial charge in [-0.3, -0.25) is 4.79 Å². The molecular formula is C18H19Cl2NOS. The topological polar surface area (TPSA) is 29.1 Å². The van der Waals surface area contributed by atoms with Gasteiger partial charge in [0.25, 0.3) is 5.91 Å². The van der Waals surface area contributed by atoms with Crippen LogP contribution in [-0.4, -0.2) is 18.2 Å². The van der Waals surface area contributed by atoms with Gasteiger partial charge in [-0.15, -0.1) is 0 Å². The number of benzene rings is 2. The van der Waals surface area contributed by atoms with Crippen molar-refractivity contribution in [3.8, 4) is 0 Å². The predicted octanol–water partition coefficient (Wildman–Crippen LogP) is 5.27. The molecule has 0 spiro atoms. The average Bonchev–Trinajstić information content (AvgIpc) is 2.52. The van der Waals surface area contributed by atoms with E-state index >= 15 is 0 Å². The number of thioether (sulfide) groups is 1. The Kier molecular flexibility index (Phi) is 6.82. The minimum absolute atomic E-state index is 0.0375. The molecule has 1 amide bonds. The lowest BCUT2D eigenvalue weighted by molar-refractivity contribution is 0.0956. The SMILES string of the molecule is Cc1ccc(C(=O)NCCSCc2c(Cl)cccc2Cl)cc1C. The van der Waals surface area contributed by atoms with Crippen LogP contribution in [0.25, 0.3) is 0 Å². The first-order chi connectivity index (χ1) is 11.0. The van der Waals surface area contributed by atoms with Gasteiger partial charge in [-0.1, -0.05) is 35.3 Å². The summed E-state index contributed by atoms with van der Waals surface area (Å²) in [6.07, 6.45) is 0. The standard InChI is InChI=1S/C18H19Cl2NOS/c1-12-6-7-14(10-13(12)2)18(22)21-8-9-23-11-15-16(19)4-3-5-17(15)20/h3-7,10H,8-9,11H2,1-2H3,(H,21,22). The first-order valence-electron chi connectivity index (χ1n) is 7.35. The summed E-state index contributed by atoms with van der Waals surface area (Å²) in [5.41, 5.74) is 3.96. The van der Waals surface area contributed by atoms with Gasteiger partial charge in [0.15, 0.2) is 0 Å². The van der Waals surface area contributed by atoms with Crippen molar-refractivity contribution in [2.24, 2.45) is 0 Å². The Labute approximate surface area is 151 Å². The average molecular weight is 368 g/mol. The molecule has 0 heterocycles. The summed E-state index contributed by atoms with van der Waals surface area (Å²) in [6, 6.07) is 11.3. The fourth-order valence-electron chi connectivity index (χ4n) is 2.07. The summed E-state index contributed by atoms with van der Waals surface area (Å²) in [5, 5.41) is 4.30. The van der Waals surface area contributed by atoms with Crippen LogP contribution in [0.15, 0.2) is 36.4 Å². The molecule has 0 aliphatic rings. The van der Waals surface area contributed by atoms with Gasteiger partial charge in [0.1, 0.15) is 0 Å². The highest BCUT2D eigenvalue weighted by Crippen LogP contribution is 2.27. The fourth-order valence-corrected chi connectivity index (χ4v) is 3.66. The second-order valence-corrected chi connectivity index (χ2v) is 7.23. The maximum Gasteiger partial charge on any atom is 0.251 e. The van der Waals surface area contributed by atoms with Gasteiger partial charge in [-0.2, -0.15) is 11.8 Å². The molecule has 2 aromatic carbocycles. The lowest BCUT2D eigenvalue weighted by Crippen LogP contribution is -2.25. The third-order valence-corrected chi connectivity index (χ3v) is 5.30. The molecule has 0 aromatic heterocycles. The highest BCUT2D eigenvalue weighted by molar-refractivity contribution is 7.98. The lowest BCUT2D eigenvalue weighted by Gasteiger charge is -2.08. The lowest BCUT2D eigenvalue weighted by atomic mass is 10.1. The molecule has 0 aliphatic heterocycles. The van der Waals surface area contributed by atoms with Crippen LogP contribution in [-0.2, 0) is 5.75 Å². The van der Waals surface area contributed by atoms with E-state index in [0.29, 0.717) is 22.2 Å². The zero-order chi connectivity index (χ0) is 16.8. The fraction of sp³-hybridized carbons (Fsp3) is 0.278. The maximum atomic E-state index is 12.1. The van der Waals surface area contributed by atoms with E-state index in [1.807, 2.05) is 50.2 Å². The molecule has 0 atom stereocenters. The van der Waals surface area contributed by atoms with E-state index in [9.17, 15) is 4.79 Å². The third kappa shape index (κ3) is 5.17. The third-order valence-electron chi connectivity index (χ3n) is 3.61. The zero-order valence-electron chi connectivity index (χ0n) is 13.2. The Balaban J connectivity index is 1.77. The van der Waals surface area contributed by atoms with Gasteiger partial charge in [-0.25, -0.2) is 0 Å². The normalized spacial score (nSPS) is 10.6. The van der Waals surface area contributed by atoms with E-state index in [1.54, 1.807) is 11.8 Å². The molecule has 1 N–H and O–H groups in total. The molecule has 2 rings (SSSR count). The molecule has 0 saturated heterocycles. The van der Waals surface area contributed by atoms with Gasteiger partial charge in [-0.05, 0) is 54.8 Å². The molecule has 0 fully saturated rings. The molecule has 0 aliphatic carbocycles. The molecule has 5 heteroatoms. The van der Waals surface area contributed by atoms with Crippen LogP contribution in [0.3, 0.4) is 0 Å². The molecule has 0 saturated carbocycles. The van der Waals surface area contributed by atoms with Crippen molar-refractivity contribution in [2.45, 2.75) is 19.6 Å². The molecule has 23 heavy (non-hydrogen) atoms. The van der Waals surface area contributed by atoms with Crippen molar-refractivity contribution in [3.63, 3.8) is 0 Å². The summed E-state index contributed by atoms with van der Waals surface area (Å²) >= 11 is 14.0. The van der Waals surface area contributed by atoms with E-state index in [2.05, 4.69) is 5.32 Å². The number of hydrogen-bond acceptors (Lipinski definition) is 2. The number of hydrogen-bond donors (Lipinski definition) is 1. The van der Waals surface area contributed by atoms with Gasteiger partial charge in [0.05, 0.1) is 0 Å². The Morgan fingerprint density at radius 1 is 1.09 bits per heavy atom. The first-order valence-corrected chi connectivity index (χ1v) is 9.26.